The van der Waals surface area contributed by atoms with Crippen molar-refractivity contribution in [3.8, 4) is 0 Å². The minimum Gasteiger partial charge on any atom is -0.351 e. The Bertz CT molecular complexity index is 414. The van der Waals surface area contributed by atoms with Gasteiger partial charge in [-0.1, -0.05) is 18.2 Å². The highest BCUT2D eigenvalue weighted by Crippen LogP contribution is 2.38. The second-order valence-corrected chi connectivity index (χ2v) is 5.33. The lowest BCUT2D eigenvalue weighted by molar-refractivity contribution is -0.119. The molecule has 2 heteroatoms. The smallest absolute Gasteiger partial charge is 0.221 e. The first-order valence-electron chi connectivity index (χ1n) is 5.79. The summed E-state index contributed by atoms with van der Waals surface area (Å²) in [6.45, 7) is 8.46. The van der Waals surface area contributed by atoms with Crippen LogP contribution in [0.1, 0.15) is 42.9 Å². The van der Waals surface area contributed by atoms with Crippen molar-refractivity contribution in [1.82, 2.24) is 5.32 Å². The summed E-state index contributed by atoms with van der Waals surface area (Å²) in [7, 11) is 0. The summed E-state index contributed by atoms with van der Waals surface area (Å²) in [6.07, 6.45) is 0.610. The SMILES string of the molecule is Cc1cccc(C)c1C1CC(=O)NC1(C)C. The van der Waals surface area contributed by atoms with Crippen LogP contribution in [0.5, 0.6) is 0 Å². The zero-order valence-electron chi connectivity index (χ0n) is 10.4. The van der Waals surface area contributed by atoms with Crippen molar-refractivity contribution in [2.75, 3.05) is 0 Å². The number of amides is 1. The van der Waals surface area contributed by atoms with Gasteiger partial charge in [0.1, 0.15) is 0 Å². The molecule has 1 atom stereocenters. The molecule has 1 heterocycles. The number of hydrogen-bond acceptors (Lipinski definition) is 1. The van der Waals surface area contributed by atoms with Crippen molar-refractivity contribution >= 4 is 5.91 Å². The molecular weight excluding hydrogens is 198 g/mol. The number of carbonyl (C=O) groups is 1. The van der Waals surface area contributed by atoms with Gasteiger partial charge in [0.2, 0.25) is 5.91 Å². The van der Waals surface area contributed by atoms with E-state index in [-0.39, 0.29) is 11.4 Å². The minimum absolute atomic E-state index is 0.131. The molecule has 0 radical (unpaired) electrons. The fraction of sp³-hybridized carbons (Fsp3) is 0.500. The van der Waals surface area contributed by atoms with Crippen molar-refractivity contribution in [3.63, 3.8) is 0 Å². The summed E-state index contributed by atoms with van der Waals surface area (Å²) < 4.78 is 0. The quantitative estimate of drug-likeness (QED) is 0.770. The zero-order chi connectivity index (χ0) is 11.9. The lowest BCUT2D eigenvalue weighted by atomic mass is 9.79. The van der Waals surface area contributed by atoms with Crippen LogP contribution < -0.4 is 5.32 Å². The van der Waals surface area contributed by atoms with Crippen LogP contribution in [-0.2, 0) is 4.79 Å². The molecule has 1 aliphatic rings. The van der Waals surface area contributed by atoms with E-state index in [1.165, 1.54) is 16.7 Å². The molecule has 2 nitrogen and oxygen atoms in total. The summed E-state index contributed by atoms with van der Waals surface area (Å²) in [5, 5.41) is 3.06. The molecule has 86 valence electrons. The van der Waals surface area contributed by atoms with Gasteiger partial charge in [0, 0.05) is 17.9 Å². The Labute approximate surface area is 97.1 Å². The zero-order valence-corrected chi connectivity index (χ0v) is 10.4. The molecule has 16 heavy (non-hydrogen) atoms. The number of aryl methyl sites for hydroxylation is 2. The number of nitrogens with one attached hydrogen (secondary N) is 1. The van der Waals surface area contributed by atoms with Crippen LogP contribution in [0, 0.1) is 13.8 Å². The van der Waals surface area contributed by atoms with Gasteiger partial charge in [-0.15, -0.1) is 0 Å². The van der Waals surface area contributed by atoms with E-state index in [2.05, 4.69) is 51.2 Å². The normalized spacial score (nSPS) is 23.2. The Kier molecular flexibility index (Phi) is 2.53. The van der Waals surface area contributed by atoms with E-state index in [1.807, 2.05) is 0 Å². The third-order valence-corrected chi connectivity index (χ3v) is 3.61. The Morgan fingerprint density at radius 2 is 1.81 bits per heavy atom. The molecule has 0 bridgehead atoms. The molecule has 1 fully saturated rings. The summed E-state index contributed by atoms with van der Waals surface area (Å²) in [5.41, 5.74) is 3.78. The molecule has 1 amide bonds. The number of rotatable bonds is 1. The van der Waals surface area contributed by atoms with Gasteiger partial charge in [-0.2, -0.15) is 0 Å². The van der Waals surface area contributed by atoms with E-state index in [9.17, 15) is 4.79 Å². The van der Waals surface area contributed by atoms with E-state index in [0.29, 0.717) is 12.3 Å². The predicted octanol–water partition coefficient (Wildman–Crippen LogP) is 2.69. The molecule has 1 N–H and O–H groups in total. The van der Waals surface area contributed by atoms with E-state index in [1.54, 1.807) is 0 Å². The number of carbonyl (C=O) groups excluding carboxylic acids is 1. The van der Waals surface area contributed by atoms with Crippen LogP contribution in [0.15, 0.2) is 18.2 Å². The van der Waals surface area contributed by atoms with Gasteiger partial charge >= 0.3 is 0 Å². The summed E-state index contributed by atoms with van der Waals surface area (Å²) in [5.74, 6) is 0.457. The Balaban J connectivity index is 2.49. The Morgan fingerprint density at radius 1 is 1.25 bits per heavy atom. The summed E-state index contributed by atoms with van der Waals surface area (Å²) in [6, 6.07) is 6.33. The highest BCUT2D eigenvalue weighted by molar-refractivity contribution is 5.81. The van der Waals surface area contributed by atoms with Crippen LogP contribution in [0.4, 0.5) is 0 Å². The van der Waals surface area contributed by atoms with Crippen molar-refractivity contribution < 1.29 is 4.79 Å². The van der Waals surface area contributed by atoms with Crippen LogP contribution >= 0.6 is 0 Å². The molecule has 2 rings (SSSR count). The summed E-state index contributed by atoms with van der Waals surface area (Å²) >= 11 is 0. The Hall–Kier alpha value is -1.31. The van der Waals surface area contributed by atoms with Gasteiger partial charge < -0.3 is 5.32 Å². The third-order valence-electron chi connectivity index (χ3n) is 3.61. The standard InChI is InChI=1S/C14H19NO/c1-9-6-5-7-10(2)13(9)11-8-12(16)15-14(11,3)4/h5-7,11H,8H2,1-4H3,(H,15,16). The van der Waals surface area contributed by atoms with Gasteiger partial charge in [0.05, 0.1) is 0 Å². The Morgan fingerprint density at radius 3 is 2.25 bits per heavy atom. The first kappa shape index (κ1) is 11.2. The molecule has 1 unspecified atom stereocenters. The van der Waals surface area contributed by atoms with Crippen molar-refractivity contribution in [2.24, 2.45) is 0 Å². The lowest BCUT2D eigenvalue weighted by Crippen LogP contribution is -2.38. The number of hydrogen-bond donors (Lipinski definition) is 1. The van der Waals surface area contributed by atoms with Crippen LogP contribution in [0.2, 0.25) is 0 Å². The topological polar surface area (TPSA) is 29.1 Å². The molecule has 1 saturated heterocycles. The maximum atomic E-state index is 11.6. The molecule has 0 aliphatic carbocycles. The largest absolute Gasteiger partial charge is 0.351 e. The summed E-state index contributed by atoms with van der Waals surface area (Å²) in [4.78, 5) is 11.6. The van der Waals surface area contributed by atoms with Crippen LogP contribution in [0.3, 0.4) is 0 Å². The third kappa shape index (κ3) is 1.73. The average Bonchev–Trinajstić information content (AvgIpc) is 2.39. The van der Waals surface area contributed by atoms with Gasteiger partial charge in [-0.3, -0.25) is 4.79 Å². The van der Waals surface area contributed by atoms with Crippen molar-refractivity contribution in [3.05, 3.63) is 34.9 Å². The average molecular weight is 217 g/mol. The number of benzene rings is 1. The highest BCUT2D eigenvalue weighted by atomic mass is 16.2. The van der Waals surface area contributed by atoms with E-state index in [0.717, 1.165) is 0 Å². The molecule has 1 aliphatic heterocycles. The van der Waals surface area contributed by atoms with Gasteiger partial charge in [0.25, 0.3) is 0 Å². The molecule has 0 aromatic heterocycles. The lowest BCUT2D eigenvalue weighted by Gasteiger charge is -2.29. The fourth-order valence-corrected chi connectivity index (χ4v) is 2.78. The monoisotopic (exact) mass is 217 g/mol. The van der Waals surface area contributed by atoms with Gasteiger partial charge in [-0.25, -0.2) is 0 Å². The molecule has 1 aromatic carbocycles. The van der Waals surface area contributed by atoms with Crippen LogP contribution in [0.25, 0.3) is 0 Å². The van der Waals surface area contributed by atoms with Gasteiger partial charge in [-0.05, 0) is 44.4 Å². The minimum atomic E-state index is -0.131. The van der Waals surface area contributed by atoms with Crippen molar-refractivity contribution in [1.29, 1.82) is 0 Å². The van der Waals surface area contributed by atoms with E-state index < -0.39 is 0 Å². The molecule has 0 spiro atoms. The molecular formula is C14H19NO. The van der Waals surface area contributed by atoms with Crippen molar-refractivity contribution in [2.45, 2.75) is 45.6 Å². The van der Waals surface area contributed by atoms with E-state index in [4.69, 9.17) is 0 Å². The van der Waals surface area contributed by atoms with E-state index >= 15 is 0 Å². The maximum absolute atomic E-state index is 11.6. The van der Waals surface area contributed by atoms with Crippen LogP contribution in [-0.4, -0.2) is 11.4 Å². The first-order valence-corrected chi connectivity index (χ1v) is 5.79. The van der Waals surface area contributed by atoms with Gasteiger partial charge in [0.15, 0.2) is 0 Å². The predicted molar refractivity (Wildman–Crippen MR) is 65.5 cm³/mol. The molecule has 0 saturated carbocycles. The first-order chi connectivity index (χ1) is 7.42. The fourth-order valence-electron chi connectivity index (χ4n) is 2.78. The molecule has 1 aromatic rings. The second-order valence-electron chi connectivity index (χ2n) is 5.33. The highest BCUT2D eigenvalue weighted by Gasteiger charge is 2.40. The second kappa shape index (κ2) is 3.62. The maximum Gasteiger partial charge on any atom is 0.221 e.